The van der Waals surface area contributed by atoms with Crippen molar-refractivity contribution >= 4 is 17.5 Å². The second-order valence-corrected chi connectivity index (χ2v) is 6.13. The molecule has 128 valence electrons. The van der Waals surface area contributed by atoms with E-state index in [4.69, 9.17) is 5.26 Å². The number of benzene rings is 2. The SMILES string of the molecule is CC(C)C(NC(=O)Cc1ccccc1)C(=O)Nc1cccc(C#N)c1. The van der Waals surface area contributed by atoms with Crippen molar-refractivity contribution in [2.24, 2.45) is 5.92 Å². The van der Waals surface area contributed by atoms with Crippen LogP contribution in [0, 0.1) is 17.2 Å². The molecule has 2 N–H and O–H groups in total. The van der Waals surface area contributed by atoms with Crippen molar-refractivity contribution in [3.63, 3.8) is 0 Å². The van der Waals surface area contributed by atoms with E-state index in [1.54, 1.807) is 24.3 Å². The first kappa shape index (κ1) is 18.2. The summed E-state index contributed by atoms with van der Waals surface area (Å²) in [6.07, 6.45) is 0.223. The Labute approximate surface area is 147 Å². The summed E-state index contributed by atoms with van der Waals surface area (Å²) in [6, 6.07) is 17.4. The lowest BCUT2D eigenvalue weighted by molar-refractivity contribution is -0.127. The fourth-order valence-corrected chi connectivity index (χ4v) is 2.43. The molecule has 0 aliphatic heterocycles. The second kappa shape index (κ2) is 8.65. The zero-order chi connectivity index (χ0) is 18.2. The molecular formula is C20H21N3O2. The van der Waals surface area contributed by atoms with Crippen LogP contribution in [0.4, 0.5) is 5.69 Å². The van der Waals surface area contributed by atoms with Gasteiger partial charge >= 0.3 is 0 Å². The molecule has 5 heteroatoms. The van der Waals surface area contributed by atoms with Crippen LogP contribution in [-0.2, 0) is 16.0 Å². The lowest BCUT2D eigenvalue weighted by Crippen LogP contribution is -2.47. The van der Waals surface area contributed by atoms with Gasteiger partial charge in [0.2, 0.25) is 11.8 Å². The second-order valence-electron chi connectivity index (χ2n) is 6.13. The highest BCUT2D eigenvalue weighted by atomic mass is 16.2. The van der Waals surface area contributed by atoms with Crippen LogP contribution in [0.3, 0.4) is 0 Å². The first-order valence-corrected chi connectivity index (χ1v) is 8.14. The number of nitriles is 1. The smallest absolute Gasteiger partial charge is 0.247 e. The normalized spacial score (nSPS) is 11.4. The third-order valence-electron chi connectivity index (χ3n) is 3.73. The topological polar surface area (TPSA) is 82.0 Å². The zero-order valence-electron chi connectivity index (χ0n) is 14.3. The quantitative estimate of drug-likeness (QED) is 0.851. The molecule has 0 aliphatic carbocycles. The van der Waals surface area contributed by atoms with E-state index in [0.29, 0.717) is 11.3 Å². The van der Waals surface area contributed by atoms with Crippen LogP contribution in [-0.4, -0.2) is 17.9 Å². The van der Waals surface area contributed by atoms with E-state index in [2.05, 4.69) is 10.6 Å². The van der Waals surface area contributed by atoms with Crippen molar-refractivity contribution in [3.8, 4) is 6.07 Å². The van der Waals surface area contributed by atoms with E-state index in [1.807, 2.05) is 50.2 Å². The van der Waals surface area contributed by atoms with Crippen LogP contribution in [0.2, 0.25) is 0 Å². The summed E-state index contributed by atoms with van der Waals surface area (Å²) in [4.78, 5) is 24.8. The van der Waals surface area contributed by atoms with Crippen molar-refractivity contribution in [2.45, 2.75) is 26.3 Å². The van der Waals surface area contributed by atoms with Gasteiger partial charge in [-0.1, -0.05) is 50.2 Å². The highest BCUT2D eigenvalue weighted by molar-refractivity contribution is 5.97. The molecule has 2 amide bonds. The highest BCUT2D eigenvalue weighted by Crippen LogP contribution is 2.12. The van der Waals surface area contributed by atoms with Crippen molar-refractivity contribution in [1.82, 2.24) is 5.32 Å². The molecule has 2 rings (SSSR count). The van der Waals surface area contributed by atoms with E-state index in [9.17, 15) is 9.59 Å². The van der Waals surface area contributed by atoms with Crippen molar-refractivity contribution in [3.05, 3.63) is 65.7 Å². The Morgan fingerprint density at radius 2 is 1.80 bits per heavy atom. The maximum Gasteiger partial charge on any atom is 0.247 e. The van der Waals surface area contributed by atoms with Gasteiger partial charge in [-0.3, -0.25) is 9.59 Å². The number of rotatable bonds is 6. The summed E-state index contributed by atoms with van der Waals surface area (Å²) in [5.41, 5.74) is 1.89. The molecule has 0 aliphatic rings. The molecule has 0 fully saturated rings. The van der Waals surface area contributed by atoms with Gasteiger partial charge in [-0.15, -0.1) is 0 Å². The summed E-state index contributed by atoms with van der Waals surface area (Å²) < 4.78 is 0. The molecule has 0 bridgehead atoms. The molecule has 0 saturated carbocycles. The van der Waals surface area contributed by atoms with Gasteiger partial charge in [0.15, 0.2) is 0 Å². The Kier molecular flexibility index (Phi) is 6.30. The number of nitrogens with one attached hydrogen (secondary N) is 2. The molecule has 0 radical (unpaired) electrons. The third kappa shape index (κ3) is 5.47. The number of amides is 2. The third-order valence-corrected chi connectivity index (χ3v) is 3.73. The number of hydrogen-bond donors (Lipinski definition) is 2. The average molecular weight is 335 g/mol. The first-order valence-electron chi connectivity index (χ1n) is 8.14. The molecule has 0 saturated heterocycles. The van der Waals surface area contributed by atoms with Crippen LogP contribution in [0.25, 0.3) is 0 Å². The molecule has 1 atom stereocenters. The monoisotopic (exact) mass is 335 g/mol. The van der Waals surface area contributed by atoms with E-state index in [-0.39, 0.29) is 24.2 Å². The number of hydrogen-bond acceptors (Lipinski definition) is 3. The molecule has 2 aromatic carbocycles. The van der Waals surface area contributed by atoms with Gasteiger partial charge in [-0.2, -0.15) is 5.26 Å². The number of anilines is 1. The molecule has 25 heavy (non-hydrogen) atoms. The summed E-state index contributed by atoms with van der Waals surface area (Å²) in [7, 11) is 0. The number of nitrogens with zero attached hydrogens (tertiary/aromatic N) is 1. The molecule has 0 heterocycles. The first-order chi connectivity index (χ1) is 12.0. The Balaban J connectivity index is 2.02. The van der Waals surface area contributed by atoms with Crippen LogP contribution in [0.15, 0.2) is 54.6 Å². The fraction of sp³-hybridized carbons (Fsp3) is 0.250. The molecular weight excluding hydrogens is 314 g/mol. The van der Waals surface area contributed by atoms with Gasteiger partial charge in [0, 0.05) is 5.69 Å². The van der Waals surface area contributed by atoms with Gasteiger partial charge in [-0.25, -0.2) is 0 Å². The predicted molar refractivity (Wildman–Crippen MR) is 96.7 cm³/mol. The Bertz CT molecular complexity index is 779. The van der Waals surface area contributed by atoms with Gasteiger partial charge in [0.05, 0.1) is 18.1 Å². The maximum absolute atomic E-state index is 12.5. The minimum Gasteiger partial charge on any atom is -0.344 e. The van der Waals surface area contributed by atoms with Crippen LogP contribution in [0.1, 0.15) is 25.0 Å². The lowest BCUT2D eigenvalue weighted by Gasteiger charge is -2.22. The predicted octanol–water partition coefficient (Wildman–Crippen LogP) is 2.88. The fourth-order valence-electron chi connectivity index (χ4n) is 2.43. The molecule has 5 nitrogen and oxygen atoms in total. The Morgan fingerprint density at radius 3 is 2.44 bits per heavy atom. The van der Waals surface area contributed by atoms with E-state index >= 15 is 0 Å². The van der Waals surface area contributed by atoms with Gasteiger partial charge in [0.1, 0.15) is 6.04 Å². The van der Waals surface area contributed by atoms with Crippen molar-refractivity contribution in [2.75, 3.05) is 5.32 Å². The van der Waals surface area contributed by atoms with Crippen LogP contribution < -0.4 is 10.6 Å². The molecule has 2 aromatic rings. The van der Waals surface area contributed by atoms with Crippen LogP contribution >= 0.6 is 0 Å². The average Bonchev–Trinajstić information content (AvgIpc) is 2.60. The highest BCUT2D eigenvalue weighted by Gasteiger charge is 2.24. The van der Waals surface area contributed by atoms with Crippen LogP contribution in [0.5, 0.6) is 0 Å². The largest absolute Gasteiger partial charge is 0.344 e. The maximum atomic E-state index is 12.5. The summed E-state index contributed by atoms with van der Waals surface area (Å²) in [5.74, 6) is -0.573. The minimum absolute atomic E-state index is 0.0705. The summed E-state index contributed by atoms with van der Waals surface area (Å²) in [6.45, 7) is 3.75. The van der Waals surface area contributed by atoms with Crippen molar-refractivity contribution in [1.29, 1.82) is 5.26 Å². The minimum atomic E-state index is -0.651. The molecule has 1 unspecified atom stereocenters. The molecule has 0 aromatic heterocycles. The van der Waals surface area contributed by atoms with E-state index < -0.39 is 6.04 Å². The van der Waals surface area contributed by atoms with E-state index in [1.165, 1.54) is 0 Å². The molecule has 0 spiro atoms. The number of carbonyl (C=O) groups is 2. The van der Waals surface area contributed by atoms with Gasteiger partial charge in [0.25, 0.3) is 0 Å². The Hall–Kier alpha value is -3.13. The van der Waals surface area contributed by atoms with E-state index in [0.717, 1.165) is 5.56 Å². The van der Waals surface area contributed by atoms with Crippen molar-refractivity contribution < 1.29 is 9.59 Å². The van der Waals surface area contributed by atoms with Gasteiger partial charge < -0.3 is 10.6 Å². The standard InChI is InChI=1S/C20H21N3O2/c1-14(2)19(23-18(24)12-15-7-4-3-5-8-15)20(25)22-17-10-6-9-16(11-17)13-21/h3-11,14,19H,12H2,1-2H3,(H,22,25)(H,23,24). The lowest BCUT2D eigenvalue weighted by atomic mass is 10.0. The van der Waals surface area contributed by atoms with Gasteiger partial charge in [-0.05, 0) is 29.7 Å². The summed E-state index contributed by atoms with van der Waals surface area (Å²) >= 11 is 0. The summed E-state index contributed by atoms with van der Waals surface area (Å²) in [5, 5.41) is 14.5. The Morgan fingerprint density at radius 1 is 1.08 bits per heavy atom. The zero-order valence-corrected chi connectivity index (χ0v) is 14.3. The number of carbonyl (C=O) groups excluding carboxylic acids is 2.